The lowest BCUT2D eigenvalue weighted by molar-refractivity contribution is -0.115. The van der Waals surface area contributed by atoms with Crippen molar-refractivity contribution < 1.29 is 22.3 Å². The van der Waals surface area contributed by atoms with E-state index in [0.29, 0.717) is 0 Å². The largest absolute Gasteiger partial charge is 0.394 e. The van der Waals surface area contributed by atoms with E-state index in [1.807, 2.05) is 6.92 Å². The van der Waals surface area contributed by atoms with E-state index >= 15 is 0 Å². The fraction of sp³-hybridized carbons (Fsp3) is 0.400. The zero-order valence-electron chi connectivity index (χ0n) is 6.26. The highest BCUT2D eigenvalue weighted by Gasteiger charge is 2.10. The van der Waals surface area contributed by atoms with Gasteiger partial charge in [0.15, 0.2) is 5.78 Å². The predicted molar refractivity (Wildman–Crippen MR) is 40.9 cm³/mol. The quantitative estimate of drug-likeness (QED) is 0.446. The smallest absolute Gasteiger partial charge is 0.381 e. The number of carbonyl (C=O) groups excluding carboxylic acids is 1. The summed E-state index contributed by atoms with van der Waals surface area (Å²) in [4.78, 5) is 10.4. The summed E-state index contributed by atoms with van der Waals surface area (Å²) in [5.41, 5.74) is 0. The highest BCUT2D eigenvalue weighted by Crippen LogP contribution is 1.92. The molecule has 0 aromatic carbocycles. The molecule has 1 atom stereocenters. The summed E-state index contributed by atoms with van der Waals surface area (Å²) in [6.07, 6.45) is 3.22. The summed E-state index contributed by atoms with van der Waals surface area (Å²) in [6, 6.07) is 0.0139. The van der Waals surface area contributed by atoms with Crippen molar-refractivity contribution in [1.29, 1.82) is 0 Å². The summed E-state index contributed by atoms with van der Waals surface area (Å²) < 4.78 is 31.6. The molecule has 0 spiro atoms. The van der Waals surface area contributed by atoms with Crippen LogP contribution in [0.1, 0.15) is 6.92 Å². The molecule has 0 amide bonds. The van der Waals surface area contributed by atoms with E-state index in [1.54, 1.807) is 12.3 Å². The molecule has 0 fully saturated rings. The van der Waals surface area contributed by atoms with Crippen LogP contribution in [0.25, 0.3) is 0 Å². The minimum Gasteiger partial charge on any atom is -0.381 e. The lowest BCUT2D eigenvalue weighted by Gasteiger charge is -1.96. The summed E-state index contributed by atoms with van der Waals surface area (Å²) >= 11 is 0. The number of ketones is 1. The monoisotopic (exact) mass is 195 g/mol. The Morgan fingerprint density at radius 1 is 1.50 bits per heavy atom. The van der Waals surface area contributed by atoms with E-state index in [9.17, 15) is 4.79 Å². The lowest BCUT2D eigenvalue weighted by atomic mass is 10.3. The summed E-state index contributed by atoms with van der Waals surface area (Å²) in [7, 11) is -4.67. The van der Waals surface area contributed by atoms with Crippen molar-refractivity contribution in [2.45, 2.75) is 13.0 Å². The maximum Gasteiger partial charge on any atom is 0.394 e. The summed E-state index contributed by atoms with van der Waals surface area (Å²) in [6.45, 7) is 1.84. The molecule has 3 N–H and O–H groups in total. The normalized spacial score (nSPS) is 21.2. The Balaban J connectivity index is 0.000000217. The fourth-order valence-electron chi connectivity index (χ4n) is 0.501. The molecule has 0 bridgehead atoms. The van der Waals surface area contributed by atoms with Crippen LogP contribution in [0.15, 0.2) is 12.3 Å². The van der Waals surface area contributed by atoms with E-state index in [-0.39, 0.29) is 11.8 Å². The highest BCUT2D eigenvalue weighted by molar-refractivity contribution is 7.79. The van der Waals surface area contributed by atoms with Crippen LogP contribution in [0.3, 0.4) is 0 Å². The van der Waals surface area contributed by atoms with Crippen molar-refractivity contribution in [3.8, 4) is 0 Å². The van der Waals surface area contributed by atoms with Crippen molar-refractivity contribution in [3.05, 3.63) is 12.3 Å². The van der Waals surface area contributed by atoms with Gasteiger partial charge >= 0.3 is 10.4 Å². The van der Waals surface area contributed by atoms with Gasteiger partial charge < -0.3 is 5.32 Å². The Morgan fingerprint density at radius 3 is 2.00 bits per heavy atom. The van der Waals surface area contributed by atoms with Crippen LogP contribution in [0.4, 0.5) is 0 Å². The lowest BCUT2D eigenvalue weighted by Crippen LogP contribution is -2.21. The molecule has 1 aliphatic rings. The van der Waals surface area contributed by atoms with Crippen molar-refractivity contribution in [3.63, 3.8) is 0 Å². The van der Waals surface area contributed by atoms with Gasteiger partial charge in [0.1, 0.15) is 0 Å². The molecule has 6 nitrogen and oxygen atoms in total. The van der Waals surface area contributed by atoms with Gasteiger partial charge in [0.25, 0.3) is 0 Å². The molecule has 0 saturated heterocycles. The maximum absolute atomic E-state index is 10.4. The molecule has 1 unspecified atom stereocenters. The van der Waals surface area contributed by atoms with Crippen molar-refractivity contribution in [1.82, 2.24) is 5.32 Å². The van der Waals surface area contributed by atoms with Crippen molar-refractivity contribution in [2.24, 2.45) is 0 Å². The predicted octanol–water partition coefficient (Wildman–Crippen LogP) is -0.592. The Hall–Kier alpha value is -0.920. The molecule has 0 aliphatic carbocycles. The molecule has 1 rings (SSSR count). The first kappa shape index (κ1) is 11.1. The molecule has 0 saturated carbocycles. The number of hydrogen-bond donors (Lipinski definition) is 3. The Bertz CT molecular complexity index is 272. The van der Waals surface area contributed by atoms with Gasteiger partial charge in [0.2, 0.25) is 0 Å². The van der Waals surface area contributed by atoms with E-state index in [0.717, 1.165) is 0 Å². The van der Waals surface area contributed by atoms with E-state index in [4.69, 9.17) is 17.5 Å². The minimum absolute atomic E-state index is 0.0139. The van der Waals surface area contributed by atoms with E-state index in [1.165, 1.54) is 0 Å². The summed E-state index contributed by atoms with van der Waals surface area (Å²) in [5.74, 6) is 0.167. The second-order valence-electron chi connectivity index (χ2n) is 2.07. The maximum atomic E-state index is 10.4. The van der Waals surface area contributed by atoms with Gasteiger partial charge in [-0.05, 0) is 13.0 Å². The van der Waals surface area contributed by atoms with Crippen LogP contribution >= 0.6 is 0 Å². The third kappa shape index (κ3) is 7.19. The molecule has 0 aromatic heterocycles. The summed E-state index contributed by atoms with van der Waals surface area (Å²) in [5, 5.41) is 2.84. The van der Waals surface area contributed by atoms with Crippen LogP contribution in [0, 0.1) is 0 Å². The highest BCUT2D eigenvalue weighted by atomic mass is 32.3. The van der Waals surface area contributed by atoms with Gasteiger partial charge in [-0.2, -0.15) is 8.42 Å². The average Bonchev–Trinajstić information content (AvgIpc) is 2.12. The molecule has 1 aliphatic heterocycles. The third-order valence-corrected chi connectivity index (χ3v) is 1.02. The average molecular weight is 195 g/mol. The first-order valence-electron chi connectivity index (χ1n) is 2.97. The zero-order valence-corrected chi connectivity index (χ0v) is 7.08. The van der Waals surface area contributed by atoms with Gasteiger partial charge in [0, 0.05) is 6.20 Å². The molecule has 1 heterocycles. The molecule has 70 valence electrons. The zero-order chi connectivity index (χ0) is 9.78. The number of rotatable bonds is 0. The number of carbonyl (C=O) groups is 1. The van der Waals surface area contributed by atoms with Crippen LogP contribution in [0.2, 0.25) is 0 Å². The van der Waals surface area contributed by atoms with Crippen molar-refractivity contribution in [2.75, 3.05) is 0 Å². The molecular formula is C5H9NO5S. The standard InChI is InChI=1S/C5H7NO.H2O4S/c1-4-5(7)2-3-6-4;1-5(2,3)4/h2-4,6H,1H3;(H2,1,2,3,4). The van der Waals surface area contributed by atoms with Gasteiger partial charge in [-0.25, -0.2) is 0 Å². The third-order valence-electron chi connectivity index (χ3n) is 1.02. The Kier molecular flexibility index (Phi) is 3.87. The molecule has 0 radical (unpaired) electrons. The van der Waals surface area contributed by atoms with Gasteiger partial charge in [-0.15, -0.1) is 0 Å². The van der Waals surface area contributed by atoms with E-state index < -0.39 is 10.4 Å². The van der Waals surface area contributed by atoms with Crippen LogP contribution in [-0.4, -0.2) is 29.3 Å². The second-order valence-corrected chi connectivity index (χ2v) is 2.97. The van der Waals surface area contributed by atoms with Crippen LogP contribution < -0.4 is 5.32 Å². The number of hydrogen-bond acceptors (Lipinski definition) is 4. The van der Waals surface area contributed by atoms with Crippen molar-refractivity contribution >= 4 is 16.2 Å². The first-order chi connectivity index (χ1) is 5.30. The first-order valence-corrected chi connectivity index (χ1v) is 4.36. The minimum atomic E-state index is -4.67. The van der Waals surface area contributed by atoms with Gasteiger partial charge in [-0.3, -0.25) is 13.9 Å². The topological polar surface area (TPSA) is 104 Å². The number of nitrogens with one attached hydrogen (secondary N) is 1. The van der Waals surface area contributed by atoms with Crippen LogP contribution in [0.5, 0.6) is 0 Å². The fourth-order valence-corrected chi connectivity index (χ4v) is 0.501. The molecule has 0 aromatic rings. The van der Waals surface area contributed by atoms with Gasteiger partial charge in [-0.1, -0.05) is 0 Å². The van der Waals surface area contributed by atoms with Crippen LogP contribution in [-0.2, 0) is 15.2 Å². The SMILES string of the molecule is CC1NC=CC1=O.O=S(=O)(O)O. The molecule has 12 heavy (non-hydrogen) atoms. The Labute approximate surface area is 69.9 Å². The Morgan fingerprint density at radius 2 is 1.92 bits per heavy atom. The van der Waals surface area contributed by atoms with E-state index in [2.05, 4.69) is 5.32 Å². The molecule has 7 heteroatoms. The molecular weight excluding hydrogens is 186 g/mol. The second kappa shape index (κ2) is 4.19. The van der Waals surface area contributed by atoms with Gasteiger partial charge in [0.05, 0.1) is 6.04 Å².